The molecule has 1 N–H and O–H groups in total. The van der Waals surface area contributed by atoms with Crippen molar-refractivity contribution < 1.29 is 32.5 Å². The van der Waals surface area contributed by atoms with Gasteiger partial charge in [0, 0.05) is 12.3 Å². The van der Waals surface area contributed by atoms with Crippen molar-refractivity contribution in [1.82, 2.24) is 14.8 Å². The fourth-order valence-corrected chi connectivity index (χ4v) is 3.50. The summed E-state index contributed by atoms with van der Waals surface area (Å²) in [6, 6.07) is 4.44. The molecule has 3 rings (SSSR count). The van der Waals surface area contributed by atoms with Gasteiger partial charge in [0.1, 0.15) is 25.2 Å². The molecule has 0 spiro atoms. The molecule has 7 nitrogen and oxygen atoms in total. The summed E-state index contributed by atoms with van der Waals surface area (Å²) in [5.41, 5.74) is -4.10. The third kappa shape index (κ3) is 5.75. The van der Waals surface area contributed by atoms with Crippen LogP contribution in [0.25, 0.3) is 5.82 Å². The molecule has 0 aromatic carbocycles. The molecule has 1 saturated carbocycles. The number of alkyl halides is 3. The van der Waals surface area contributed by atoms with E-state index in [9.17, 15) is 23.1 Å². The van der Waals surface area contributed by atoms with Gasteiger partial charge in [-0.3, -0.25) is 0 Å². The first-order valence-electron chi connectivity index (χ1n) is 9.99. The number of pyridine rings is 1. The van der Waals surface area contributed by atoms with Crippen molar-refractivity contribution in [2.75, 3.05) is 6.61 Å². The van der Waals surface area contributed by atoms with E-state index in [1.165, 1.54) is 36.9 Å². The molecule has 0 radical (unpaired) electrons. The van der Waals surface area contributed by atoms with Gasteiger partial charge in [-0.1, -0.05) is 11.6 Å². The zero-order valence-corrected chi connectivity index (χ0v) is 18.9. The van der Waals surface area contributed by atoms with Crippen LogP contribution in [0.1, 0.15) is 50.4 Å². The Balaban J connectivity index is 1.64. The van der Waals surface area contributed by atoms with E-state index in [1.807, 2.05) is 0 Å². The number of halogens is 4. The first-order valence-corrected chi connectivity index (χ1v) is 10.4. The molecule has 1 aliphatic carbocycles. The molecule has 0 amide bonds. The number of aliphatic hydroxyl groups is 1. The van der Waals surface area contributed by atoms with E-state index in [1.54, 1.807) is 20.8 Å². The molecule has 12 heteroatoms. The predicted octanol–water partition coefficient (Wildman–Crippen LogP) is 3.31. The van der Waals surface area contributed by atoms with Crippen LogP contribution in [0, 0.1) is 5.41 Å². The Labute approximate surface area is 189 Å². The molecule has 2 heterocycles. The van der Waals surface area contributed by atoms with Crippen LogP contribution < -0.4 is 4.74 Å². The third-order valence-corrected chi connectivity index (χ3v) is 5.25. The summed E-state index contributed by atoms with van der Waals surface area (Å²) in [4.78, 5) is 16.3. The number of carbonyl (C=O) groups excluding carboxylic acids is 1. The Morgan fingerprint density at radius 2 is 1.94 bits per heavy atom. The molecular weight excluding hydrogens is 449 g/mol. The first-order chi connectivity index (χ1) is 14.6. The van der Waals surface area contributed by atoms with Crippen LogP contribution in [0.4, 0.5) is 13.2 Å². The Bertz CT molecular complexity index is 1000. The van der Waals surface area contributed by atoms with Crippen LogP contribution in [-0.4, -0.2) is 57.6 Å². The van der Waals surface area contributed by atoms with Crippen molar-refractivity contribution in [2.24, 2.45) is 5.41 Å². The van der Waals surface area contributed by atoms with E-state index in [4.69, 9.17) is 21.1 Å². The van der Waals surface area contributed by atoms with Gasteiger partial charge in [-0.2, -0.15) is 13.2 Å². The Kier molecular flexibility index (Phi) is 6.29. The van der Waals surface area contributed by atoms with Crippen LogP contribution in [-0.2, 0) is 4.74 Å². The number of esters is 1. The van der Waals surface area contributed by atoms with E-state index < -0.39 is 35.1 Å². The molecule has 0 bridgehead atoms. The number of hydrogen-bond acceptors (Lipinski definition) is 6. The highest BCUT2D eigenvalue weighted by Gasteiger charge is 2.64. The number of ether oxygens (including phenoxy) is 2. The molecule has 1 atom stereocenters. The van der Waals surface area contributed by atoms with Gasteiger partial charge in [-0.05, 0) is 52.2 Å². The molecule has 32 heavy (non-hydrogen) atoms. The highest BCUT2D eigenvalue weighted by Crippen LogP contribution is 2.61. The third-order valence-electron chi connectivity index (χ3n) is 4.96. The minimum atomic E-state index is -4.35. The van der Waals surface area contributed by atoms with E-state index in [0.717, 1.165) is 0 Å². The summed E-state index contributed by atoms with van der Waals surface area (Å²) in [7, 11) is 1.31. The number of carbonyl (C=O) groups is 1. The quantitative estimate of drug-likeness (QED) is 0.377. The molecule has 2 aromatic rings. The molecule has 1 aliphatic rings. The lowest BCUT2D eigenvalue weighted by Crippen LogP contribution is -2.42. The Hall–Kier alpha value is -2.27. The Morgan fingerprint density at radius 1 is 1.28 bits per heavy atom. The average molecular weight is 474 g/mol. The van der Waals surface area contributed by atoms with Crippen LogP contribution in [0.3, 0.4) is 0 Å². The van der Waals surface area contributed by atoms with Crippen molar-refractivity contribution in [3.05, 3.63) is 35.1 Å². The maximum absolute atomic E-state index is 13.2. The monoisotopic (exact) mass is 473 g/mol. The van der Waals surface area contributed by atoms with Gasteiger partial charge in [-0.25, -0.2) is 14.5 Å². The van der Waals surface area contributed by atoms with Crippen LogP contribution in [0.15, 0.2) is 24.4 Å². The fraction of sp³-hybridized carbons (Fsp3) is 0.550. The second-order valence-electron chi connectivity index (χ2n) is 9.35. The zero-order chi connectivity index (χ0) is 23.9. The lowest BCUT2D eigenvalue weighted by atomic mass is 9.74. The van der Waals surface area contributed by atoms with Gasteiger partial charge in [0.25, 0.3) is 0 Å². The highest BCUT2D eigenvalue weighted by molar-refractivity contribution is 6.32. The smallest absolute Gasteiger partial charge is 0.394 e. The van der Waals surface area contributed by atoms with E-state index in [0.29, 0.717) is 0 Å². The number of rotatable bonds is 7. The van der Waals surface area contributed by atoms with Crippen molar-refractivity contribution in [2.45, 2.75) is 57.3 Å². The average Bonchev–Trinajstić information content (AvgIpc) is 3.25. The summed E-state index contributed by atoms with van der Waals surface area (Å²) in [5, 5.41) is 14.5. The highest BCUT2D eigenvalue weighted by atomic mass is 35.5. The second kappa shape index (κ2) is 8.26. The fourth-order valence-electron chi connectivity index (χ4n) is 3.27. The van der Waals surface area contributed by atoms with Gasteiger partial charge in [0.15, 0.2) is 5.82 Å². The zero-order valence-electron chi connectivity index (χ0n) is 18.2. The van der Waals surface area contributed by atoms with Gasteiger partial charge in [0.05, 0.1) is 16.5 Å². The van der Waals surface area contributed by atoms with Crippen LogP contribution in [0.2, 0.25) is 5.15 Å². The van der Waals surface area contributed by atoms with Crippen molar-refractivity contribution in [3.63, 3.8) is 0 Å². The normalized spacial score (nSPS) is 17.5. The summed E-state index contributed by atoms with van der Waals surface area (Å²) in [6.45, 7) is 4.85. The lowest BCUT2D eigenvalue weighted by Gasteiger charge is -2.29. The predicted molar refractivity (Wildman–Crippen MR) is 113 cm³/mol. The van der Waals surface area contributed by atoms with E-state index in [2.05, 4.69) is 10.1 Å². The van der Waals surface area contributed by atoms with Gasteiger partial charge in [0.2, 0.25) is 5.88 Å². The molecular formula is C20H24BClF3N3O4. The lowest BCUT2D eigenvalue weighted by molar-refractivity contribution is -0.198. The van der Waals surface area contributed by atoms with Crippen LogP contribution >= 0.6 is 11.6 Å². The van der Waals surface area contributed by atoms with Crippen LogP contribution in [0.5, 0.6) is 5.88 Å². The summed E-state index contributed by atoms with van der Waals surface area (Å²) >= 11 is 6.13. The largest absolute Gasteiger partial charge is 0.474 e. The second-order valence-corrected chi connectivity index (χ2v) is 9.71. The SMILES string of the molecule is BC(O)(COc1ccn(-c2ccc(C(=O)OC(C)(C)C)c(Cl)n2)n1)CC1(C(F)(F)F)CC1. The Morgan fingerprint density at radius 3 is 2.47 bits per heavy atom. The molecule has 0 aliphatic heterocycles. The van der Waals surface area contributed by atoms with Gasteiger partial charge < -0.3 is 14.6 Å². The molecule has 1 fully saturated rings. The standard InChI is InChI=1S/C20H24BClF3N3O4/c1-17(2,3)32-16(29)12-4-5-13(26-15(12)22)28-9-6-14(27-28)31-11-19(21,30)10-18(7-8-18)20(23,24)25/h4-6,9,30H,7-8,10-11,21H2,1-3H3. The van der Waals surface area contributed by atoms with Gasteiger partial charge in [-0.15, -0.1) is 5.10 Å². The minimum absolute atomic E-state index is 0.00694. The molecule has 1 unspecified atom stereocenters. The maximum atomic E-state index is 13.2. The van der Waals surface area contributed by atoms with Gasteiger partial charge >= 0.3 is 12.1 Å². The first kappa shape index (κ1) is 24.4. The number of nitrogens with zero attached hydrogens (tertiary/aromatic N) is 3. The summed E-state index contributed by atoms with van der Waals surface area (Å²) in [5.74, 6) is -0.227. The number of aromatic nitrogens is 3. The topological polar surface area (TPSA) is 86.5 Å². The summed E-state index contributed by atoms with van der Waals surface area (Å²) < 4.78 is 51.5. The van der Waals surface area contributed by atoms with E-state index in [-0.39, 0.29) is 41.9 Å². The number of hydrogen-bond donors (Lipinski definition) is 1. The summed E-state index contributed by atoms with van der Waals surface area (Å²) in [6.07, 6.45) is -3.27. The molecule has 2 aromatic heterocycles. The molecule has 174 valence electrons. The minimum Gasteiger partial charge on any atom is -0.474 e. The molecule has 0 saturated heterocycles. The van der Waals surface area contributed by atoms with Crippen molar-refractivity contribution >= 4 is 25.4 Å². The van der Waals surface area contributed by atoms with E-state index >= 15 is 0 Å². The van der Waals surface area contributed by atoms with Crippen molar-refractivity contribution in [3.8, 4) is 11.7 Å². The maximum Gasteiger partial charge on any atom is 0.394 e. The van der Waals surface area contributed by atoms with Crippen molar-refractivity contribution in [1.29, 1.82) is 0 Å².